The minimum Gasteiger partial charge on any atom is -0.357 e. The summed E-state index contributed by atoms with van der Waals surface area (Å²) in [5.74, 6) is 2.15. The van der Waals surface area contributed by atoms with Gasteiger partial charge in [0.25, 0.3) is 0 Å². The Hall–Kier alpha value is -1.52. The van der Waals surface area contributed by atoms with Crippen LogP contribution >= 0.6 is 0 Å². The quantitative estimate of drug-likeness (QED) is 0.622. The molecule has 2 rings (SSSR count). The zero-order valence-electron chi connectivity index (χ0n) is 12.1. The number of nitrogens with zero attached hydrogens (tertiary/aromatic N) is 3. The van der Waals surface area contributed by atoms with Gasteiger partial charge in [-0.15, -0.1) is 0 Å². The molecule has 0 aromatic carbocycles. The molecule has 0 unspecified atom stereocenters. The van der Waals surface area contributed by atoms with Crippen LogP contribution in [0.15, 0.2) is 11.2 Å². The zero-order chi connectivity index (χ0) is 13.5. The number of imidazole rings is 1. The zero-order valence-corrected chi connectivity index (χ0v) is 12.1. The molecule has 1 aromatic heterocycles. The van der Waals surface area contributed by atoms with Crippen LogP contribution in [0.1, 0.15) is 38.2 Å². The highest BCUT2D eigenvalue weighted by Crippen LogP contribution is 2.14. The maximum absolute atomic E-state index is 4.69. The number of fused-ring (bicyclic) bond motifs is 1. The summed E-state index contributed by atoms with van der Waals surface area (Å²) >= 11 is 0. The lowest BCUT2D eigenvalue weighted by molar-refractivity contribution is 0.522. The molecule has 1 aliphatic heterocycles. The highest BCUT2D eigenvalue weighted by Gasteiger charge is 2.11. The smallest absolute Gasteiger partial charge is 0.191 e. The number of nitrogens with one attached hydrogen (secondary N) is 2. The Morgan fingerprint density at radius 3 is 2.79 bits per heavy atom. The summed E-state index contributed by atoms with van der Waals surface area (Å²) in [5, 5.41) is 6.46. The fourth-order valence-corrected chi connectivity index (χ4v) is 2.38. The van der Waals surface area contributed by atoms with Crippen molar-refractivity contribution in [2.24, 2.45) is 4.99 Å². The van der Waals surface area contributed by atoms with Crippen LogP contribution in [0.4, 0.5) is 0 Å². The molecule has 0 spiro atoms. The van der Waals surface area contributed by atoms with Crippen molar-refractivity contribution < 1.29 is 0 Å². The molecule has 0 saturated heterocycles. The molecule has 2 N–H and O–H groups in total. The summed E-state index contributed by atoms with van der Waals surface area (Å²) in [6, 6.07) is 0. The molecule has 1 aliphatic rings. The van der Waals surface area contributed by atoms with Crippen LogP contribution < -0.4 is 10.6 Å². The number of rotatable bonds is 5. The van der Waals surface area contributed by atoms with Gasteiger partial charge in [-0.1, -0.05) is 0 Å². The third-order valence-corrected chi connectivity index (χ3v) is 3.28. The van der Waals surface area contributed by atoms with E-state index in [0.29, 0.717) is 0 Å². The Morgan fingerprint density at radius 1 is 1.32 bits per heavy atom. The number of aryl methyl sites for hydroxylation is 2. The van der Waals surface area contributed by atoms with Crippen molar-refractivity contribution in [1.29, 1.82) is 0 Å². The molecule has 106 valence electrons. The monoisotopic (exact) mass is 263 g/mol. The Labute approximate surface area is 115 Å². The highest BCUT2D eigenvalue weighted by atomic mass is 15.2. The normalized spacial score (nSPS) is 13.8. The molecule has 5 nitrogen and oxygen atoms in total. The largest absolute Gasteiger partial charge is 0.357 e. The Balaban J connectivity index is 1.87. The van der Waals surface area contributed by atoms with Crippen LogP contribution in [0.2, 0.25) is 0 Å². The first-order valence-corrected chi connectivity index (χ1v) is 7.40. The van der Waals surface area contributed by atoms with Gasteiger partial charge >= 0.3 is 0 Å². The van der Waals surface area contributed by atoms with E-state index in [1.165, 1.54) is 24.4 Å². The summed E-state index contributed by atoms with van der Waals surface area (Å²) in [4.78, 5) is 9.24. The van der Waals surface area contributed by atoms with E-state index in [0.717, 1.165) is 45.0 Å². The standard InChI is InChI=1S/C14H25N5/c1-3-15-14(16-4-2)17-9-8-12-11-19-10-6-5-7-13(19)18-12/h11H,3-10H2,1-2H3,(H2,15,16,17). The fraction of sp³-hybridized carbons (Fsp3) is 0.714. The van der Waals surface area contributed by atoms with Gasteiger partial charge in [0.2, 0.25) is 0 Å². The van der Waals surface area contributed by atoms with Crippen LogP contribution in [0.25, 0.3) is 0 Å². The van der Waals surface area contributed by atoms with Gasteiger partial charge in [0.05, 0.1) is 5.69 Å². The average Bonchev–Trinajstić information content (AvgIpc) is 2.82. The van der Waals surface area contributed by atoms with E-state index in [2.05, 4.69) is 40.2 Å². The second-order valence-corrected chi connectivity index (χ2v) is 4.84. The van der Waals surface area contributed by atoms with Gasteiger partial charge in [0.1, 0.15) is 5.82 Å². The second kappa shape index (κ2) is 7.16. The molecule has 19 heavy (non-hydrogen) atoms. The fourth-order valence-electron chi connectivity index (χ4n) is 2.38. The van der Waals surface area contributed by atoms with Crippen molar-refractivity contribution >= 4 is 5.96 Å². The maximum Gasteiger partial charge on any atom is 0.191 e. The lowest BCUT2D eigenvalue weighted by Gasteiger charge is -2.11. The van der Waals surface area contributed by atoms with Gasteiger partial charge in [0, 0.05) is 45.2 Å². The molecule has 2 heterocycles. The van der Waals surface area contributed by atoms with Crippen LogP contribution in [0.3, 0.4) is 0 Å². The lowest BCUT2D eigenvalue weighted by Crippen LogP contribution is -2.37. The van der Waals surface area contributed by atoms with E-state index in [4.69, 9.17) is 4.98 Å². The summed E-state index contributed by atoms with van der Waals surface area (Å²) in [6.45, 7) is 7.86. The van der Waals surface area contributed by atoms with Gasteiger partial charge in [-0.2, -0.15) is 0 Å². The second-order valence-electron chi connectivity index (χ2n) is 4.84. The summed E-state index contributed by atoms with van der Waals surface area (Å²) in [7, 11) is 0. The Kier molecular flexibility index (Phi) is 5.24. The van der Waals surface area contributed by atoms with E-state index in [1.807, 2.05) is 0 Å². The van der Waals surface area contributed by atoms with Gasteiger partial charge in [-0.05, 0) is 26.7 Å². The minimum atomic E-state index is 0.784. The van der Waals surface area contributed by atoms with Gasteiger partial charge in [-0.3, -0.25) is 4.99 Å². The third kappa shape index (κ3) is 3.98. The van der Waals surface area contributed by atoms with Crippen LogP contribution in [0.5, 0.6) is 0 Å². The maximum atomic E-state index is 4.69. The third-order valence-electron chi connectivity index (χ3n) is 3.28. The van der Waals surface area contributed by atoms with Crippen molar-refractivity contribution in [2.45, 2.75) is 46.1 Å². The number of aromatic nitrogens is 2. The molecule has 1 aromatic rings. The molecule has 0 saturated carbocycles. The van der Waals surface area contributed by atoms with E-state index < -0.39 is 0 Å². The van der Waals surface area contributed by atoms with Gasteiger partial charge in [0.15, 0.2) is 5.96 Å². The van der Waals surface area contributed by atoms with E-state index >= 15 is 0 Å². The summed E-state index contributed by atoms with van der Waals surface area (Å²) < 4.78 is 2.30. The predicted molar refractivity (Wildman–Crippen MR) is 78.5 cm³/mol. The van der Waals surface area contributed by atoms with Gasteiger partial charge < -0.3 is 15.2 Å². The number of hydrogen-bond acceptors (Lipinski definition) is 2. The molecule has 0 amide bonds. The first-order chi connectivity index (χ1) is 9.33. The van der Waals surface area contributed by atoms with Crippen molar-refractivity contribution in [1.82, 2.24) is 20.2 Å². The average molecular weight is 263 g/mol. The van der Waals surface area contributed by atoms with Gasteiger partial charge in [-0.25, -0.2) is 4.98 Å². The first-order valence-electron chi connectivity index (χ1n) is 7.40. The molecular weight excluding hydrogens is 238 g/mol. The topological polar surface area (TPSA) is 54.2 Å². The van der Waals surface area contributed by atoms with Crippen molar-refractivity contribution in [3.05, 3.63) is 17.7 Å². The van der Waals surface area contributed by atoms with E-state index in [9.17, 15) is 0 Å². The number of hydrogen-bond donors (Lipinski definition) is 2. The van der Waals surface area contributed by atoms with Crippen molar-refractivity contribution in [3.8, 4) is 0 Å². The predicted octanol–water partition coefficient (Wildman–Crippen LogP) is 1.34. The van der Waals surface area contributed by atoms with Crippen LogP contribution in [0, 0.1) is 0 Å². The molecule has 5 heteroatoms. The van der Waals surface area contributed by atoms with Crippen molar-refractivity contribution in [3.63, 3.8) is 0 Å². The van der Waals surface area contributed by atoms with Crippen LogP contribution in [-0.4, -0.2) is 35.1 Å². The molecular formula is C14H25N5. The summed E-state index contributed by atoms with van der Waals surface area (Å²) in [6.07, 6.45) is 6.80. The first kappa shape index (κ1) is 13.9. The minimum absolute atomic E-state index is 0.784. The molecule has 0 aliphatic carbocycles. The van der Waals surface area contributed by atoms with Crippen molar-refractivity contribution in [2.75, 3.05) is 19.6 Å². The molecule has 0 fully saturated rings. The van der Waals surface area contributed by atoms with E-state index in [1.54, 1.807) is 0 Å². The number of guanidine groups is 1. The Bertz CT molecular complexity index is 390. The lowest BCUT2D eigenvalue weighted by atomic mass is 10.2. The molecule has 0 atom stereocenters. The SMILES string of the molecule is CCNC(=NCCc1cn2c(n1)CCCC2)NCC. The number of aliphatic imine (C=N–C) groups is 1. The van der Waals surface area contributed by atoms with Crippen LogP contribution in [-0.2, 0) is 19.4 Å². The molecule has 0 bridgehead atoms. The molecule has 0 radical (unpaired) electrons. The Morgan fingerprint density at radius 2 is 2.11 bits per heavy atom. The highest BCUT2D eigenvalue weighted by molar-refractivity contribution is 5.79. The van der Waals surface area contributed by atoms with E-state index in [-0.39, 0.29) is 0 Å². The summed E-state index contributed by atoms with van der Waals surface area (Å²) in [5.41, 5.74) is 1.17.